The summed E-state index contributed by atoms with van der Waals surface area (Å²) >= 11 is 0. The van der Waals surface area contributed by atoms with Gasteiger partial charge in [-0.3, -0.25) is 19.2 Å². The molecule has 0 radical (unpaired) electrons. The van der Waals surface area contributed by atoms with Crippen molar-refractivity contribution in [2.24, 2.45) is 0 Å². The Balaban J connectivity index is 3.37. The van der Waals surface area contributed by atoms with Crippen LogP contribution >= 0.6 is 0 Å². The molecule has 0 aliphatic carbocycles. The summed E-state index contributed by atoms with van der Waals surface area (Å²) in [6.07, 6.45) is 10.5. The van der Waals surface area contributed by atoms with Gasteiger partial charge in [-0.25, -0.2) is 0 Å². The summed E-state index contributed by atoms with van der Waals surface area (Å²) in [7, 11) is 2.78. The molecule has 0 aromatic rings. The maximum atomic E-state index is 11.7. The van der Waals surface area contributed by atoms with Crippen molar-refractivity contribution in [1.82, 2.24) is 10.6 Å². The van der Waals surface area contributed by atoms with Crippen molar-refractivity contribution in [1.29, 1.82) is 0 Å². The largest absolute Gasteiger partial charge is 0.469 e. The van der Waals surface area contributed by atoms with Gasteiger partial charge in [-0.15, -0.1) is 0 Å². The Morgan fingerprint density at radius 1 is 0.500 bits per heavy atom. The van der Waals surface area contributed by atoms with Gasteiger partial charge in [0.1, 0.15) is 0 Å². The van der Waals surface area contributed by atoms with Gasteiger partial charge in [-0.1, -0.05) is 25.7 Å². The van der Waals surface area contributed by atoms with Crippen LogP contribution < -0.4 is 10.6 Å². The molecule has 0 spiro atoms. The van der Waals surface area contributed by atoms with Gasteiger partial charge < -0.3 is 20.1 Å². The van der Waals surface area contributed by atoms with E-state index in [2.05, 4.69) is 20.1 Å². The van der Waals surface area contributed by atoms with Gasteiger partial charge in [0, 0.05) is 38.8 Å². The Labute approximate surface area is 180 Å². The van der Waals surface area contributed by atoms with E-state index in [0.29, 0.717) is 38.8 Å². The Hall–Kier alpha value is -2.12. The molecule has 0 fully saturated rings. The maximum absolute atomic E-state index is 11.7. The van der Waals surface area contributed by atoms with E-state index < -0.39 is 0 Å². The first kappa shape index (κ1) is 27.9. The smallest absolute Gasteiger partial charge is 0.305 e. The number of hydrogen-bond acceptors (Lipinski definition) is 6. The van der Waals surface area contributed by atoms with E-state index in [9.17, 15) is 19.2 Å². The van der Waals surface area contributed by atoms with E-state index in [1.165, 1.54) is 14.2 Å². The van der Waals surface area contributed by atoms with Gasteiger partial charge in [0.05, 0.1) is 14.2 Å². The van der Waals surface area contributed by atoms with E-state index in [1.807, 2.05) is 0 Å². The summed E-state index contributed by atoms with van der Waals surface area (Å²) < 4.78 is 9.16. The van der Waals surface area contributed by atoms with Crippen molar-refractivity contribution in [3.05, 3.63) is 0 Å². The molecule has 0 aromatic heterocycles. The minimum atomic E-state index is -0.184. The predicted octanol–water partition coefficient (Wildman–Crippen LogP) is 3.03. The molecule has 2 amide bonds. The molecule has 8 heteroatoms. The van der Waals surface area contributed by atoms with Crippen LogP contribution in [0.5, 0.6) is 0 Å². The molecule has 0 saturated heterocycles. The van der Waals surface area contributed by atoms with Gasteiger partial charge in [0.25, 0.3) is 0 Å². The minimum Gasteiger partial charge on any atom is -0.469 e. The summed E-state index contributed by atoms with van der Waals surface area (Å²) in [4.78, 5) is 45.4. The van der Waals surface area contributed by atoms with Crippen molar-refractivity contribution in [2.45, 2.75) is 89.9 Å². The highest BCUT2D eigenvalue weighted by Gasteiger charge is 2.04. The first-order valence-corrected chi connectivity index (χ1v) is 11.2. The number of hydrogen-bond donors (Lipinski definition) is 2. The van der Waals surface area contributed by atoms with E-state index >= 15 is 0 Å². The molecule has 0 aliphatic heterocycles. The second kappa shape index (κ2) is 20.2. The molecule has 0 bridgehead atoms. The minimum absolute atomic E-state index is 0.0548. The summed E-state index contributed by atoms with van der Waals surface area (Å²) in [6.45, 7) is 1.24. The lowest BCUT2D eigenvalue weighted by Gasteiger charge is -2.07. The van der Waals surface area contributed by atoms with Crippen molar-refractivity contribution in [3.8, 4) is 0 Å². The molecule has 0 rings (SSSR count). The summed E-state index contributed by atoms with van der Waals surface area (Å²) in [5.41, 5.74) is 0. The summed E-state index contributed by atoms with van der Waals surface area (Å²) in [5.74, 6) is -0.258. The fourth-order valence-corrected chi connectivity index (χ4v) is 2.90. The molecule has 30 heavy (non-hydrogen) atoms. The van der Waals surface area contributed by atoms with Crippen molar-refractivity contribution < 1.29 is 28.7 Å². The van der Waals surface area contributed by atoms with E-state index in [4.69, 9.17) is 0 Å². The number of carbonyl (C=O) groups is 4. The van der Waals surface area contributed by atoms with Crippen LogP contribution in [0.15, 0.2) is 0 Å². The second-order valence-electron chi connectivity index (χ2n) is 7.39. The molecule has 0 atom stereocenters. The van der Waals surface area contributed by atoms with Gasteiger partial charge in [0.2, 0.25) is 11.8 Å². The number of amides is 2. The first-order valence-electron chi connectivity index (χ1n) is 11.2. The molecule has 0 aliphatic rings. The molecule has 0 unspecified atom stereocenters. The fraction of sp³-hybridized carbons (Fsp3) is 0.818. The number of carbonyl (C=O) groups excluding carboxylic acids is 4. The Kier molecular flexibility index (Phi) is 18.7. The van der Waals surface area contributed by atoms with E-state index in [0.717, 1.165) is 64.2 Å². The van der Waals surface area contributed by atoms with E-state index in [-0.39, 0.29) is 23.8 Å². The number of esters is 2. The second-order valence-corrected chi connectivity index (χ2v) is 7.39. The number of ether oxygens (including phenoxy) is 2. The van der Waals surface area contributed by atoms with Crippen molar-refractivity contribution in [3.63, 3.8) is 0 Å². The topological polar surface area (TPSA) is 111 Å². The molecule has 8 nitrogen and oxygen atoms in total. The standard InChI is InChI=1S/C22H40N2O6/c1-29-21(27)15-9-5-3-7-13-19(25)23-17-11-12-18-24-20(26)14-8-4-6-10-16-22(28)30-2/h3-18H2,1-2H3,(H,23,25)(H,24,26). The predicted molar refractivity (Wildman–Crippen MR) is 115 cm³/mol. The lowest BCUT2D eigenvalue weighted by molar-refractivity contribution is -0.141. The summed E-state index contributed by atoms with van der Waals surface area (Å²) in [5, 5.41) is 5.79. The molecule has 0 heterocycles. The van der Waals surface area contributed by atoms with E-state index in [1.54, 1.807) is 0 Å². The van der Waals surface area contributed by atoms with Gasteiger partial charge in [-0.2, -0.15) is 0 Å². The van der Waals surface area contributed by atoms with Crippen LogP contribution in [0.3, 0.4) is 0 Å². The van der Waals surface area contributed by atoms with Crippen molar-refractivity contribution in [2.75, 3.05) is 27.3 Å². The van der Waals surface area contributed by atoms with Gasteiger partial charge >= 0.3 is 11.9 Å². The molecule has 0 saturated carbocycles. The normalized spacial score (nSPS) is 10.3. The van der Waals surface area contributed by atoms with Crippen LogP contribution in [0.2, 0.25) is 0 Å². The Morgan fingerprint density at radius 3 is 1.17 bits per heavy atom. The average Bonchev–Trinajstić information content (AvgIpc) is 2.74. The van der Waals surface area contributed by atoms with Gasteiger partial charge in [-0.05, 0) is 38.5 Å². The van der Waals surface area contributed by atoms with Crippen LogP contribution in [0.25, 0.3) is 0 Å². The SMILES string of the molecule is COC(=O)CCCCCCC(=O)NCCCCNC(=O)CCCCCCC(=O)OC. The zero-order chi connectivity index (χ0) is 22.5. The van der Waals surface area contributed by atoms with Gasteiger partial charge in [0.15, 0.2) is 0 Å². The number of unbranched alkanes of at least 4 members (excludes halogenated alkanes) is 7. The van der Waals surface area contributed by atoms with Crippen LogP contribution in [0.4, 0.5) is 0 Å². The Morgan fingerprint density at radius 2 is 0.833 bits per heavy atom. The molecule has 174 valence electrons. The molecular weight excluding hydrogens is 388 g/mol. The van der Waals surface area contributed by atoms with Crippen LogP contribution in [0.1, 0.15) is 89.9 Å². The highest BCUT2D eigenvalue weighted by molar-refractivity contribution is 5.76. The third-order valence-corrected chi connectivity index (χ3v) is 4.77. The number of rotatable bonds is 19. The number of nitrogens with one attached hydrogen (secondary N) is 2. The molecule has 0 aromatic carbocycles. The monoisotopic (exact) mass is 428 g/mol. The third kappa shape index (κ3) is 19.2. The lowest BCUT2D eigenvalue weighted by Crippen LogP contribution is -2.27. The van der Waals surface area contributed by atoms with Crippen LogP contribution in [0, 0.1) is 0 Å². The fourth-order valence-electron chi connectivity index (χ4n) is 2.90. The highest BCUT2D eigenvalue weighted by atomic mass is 16.5. The van der Waals surface area contributed by atoms with Crippen LogP contribution in [-0.4, -0.2) is 51.1 Å². The number of methoxy groups -OCH3 is 2. The average molecular weight is 429 g/mol. The summed E-state index contributed by atoms with van der Waals surface area (Å²) in [6, 6.07) is 0. The molecular formula is C22H40N2O6. The highest BCUT2D eigenvalue weighted by Crippen LogP contribution is 2.07. The van der Waals surface area contributed by atoms with Crippen LogP contribution in [-0.2, 0) is 28.7 Å². The quantitative estimate of drug-likeness (QED) is 0.242. The third-order valence-electron chi connectivity index (χ3n) is 4.77. The first-order chi connectivity index (χ1) is 14.5. The zero-order valence-electron chi connectivity index (χ0n) is 18.8. The molecule has 2 N–H and O–H groups in total. The maximum Gasteiger partial charge on any atom is 0.305 e. The lowest BCUT2D eigenvalue weighted by atomic mass is 10.1. The Bertz CT molecular complexity index is 452. The zero-order valence-corrected chi connectivity index (χ0v) is 18.8. The van der Waals surface area contributed by atoms with Crippen molar-refractivity contribution >= 4 is 23.8 Å².